The van der Waals surface area contributed by atoms with Crippen molar-refractivity contribution in [1.29, 1.82) is 0 Å². The number of carbonyl (C=O) groups is 4. The zero-order valence-electron chi connectivity index (χ0n) is 16.1. The van der Waals surface area contributed by atoms with Crippen LogP contribution < -0.4 is 10.5 Å². The van der Waals surface area contributed by atoms with Crippen molar-refractivity contribution in [2.45, 2.75) is 51.8 Å². The van der Waals surface area contributed by atoms with Gasteiger partial charge >= 0.3 is 11.9 Å². The van der Waals surface area contributed by atoms with E-state index in [1.165, 1.54) is 17.0 Å². The summed E-state index contributed by atoms with van der Waals surface area (Å²) in [6, 6.07) is 3.60. The highest BCUT2D eigenvalue weighted by Crippen LogP contribution is 2.29. The lowest BCUT2D eigenvalue weighted by molar-refractivity contribution is -0.155. The number of benzene rings is 1. The Morgan fingerprint density at radius 2 is 1.96 bits per heavy atom. The molecule has 0 spiro atoms. The minimum absolute atomic E-state index is 0.0480. The van der Waals surface area contributed by atoms with Gasteiger partial charge in [-0.3, -0.25) is 14.4 Å². The fourth-order valence-electron chi connectivity index (χ4n) is 2.90. The third-order valence-electron chi connectivity index (χ3n) is 4.02. The van der Waals surface area contributed by atoms with E-state index in [1.807, 2.05) is 0 Å². The minimum Gasteiger partial charge on any atom is -0.482 e. The van der Waals surface area contributed by atoms with Gasteiger partial charge in [0.2, 0.25) is 5.91 Å². The molecule has 0 aliphatic carbocycles. The van der Waals surface area contributed by atoms with Crippen molar-refractivity contribution in [3.63, 3.8) is 0 Å². The van der Waals surface area contributed by atoms with Crippen molar-refractivity contribution < 1.29 is 33.8 Å². The van der Waals surface area contributed by atoms with Crippen LogP contribution in [-0.4, -0.2) is 52.0 Å². The first-order valence-electron chi connectivity index (χ1n) is 8.77. The largest absolute Gasteiger partial charge is 0.482 e. The molecule has 0 bridgehead atoms. The summed E-state index contributed by atoms with van der Waals surface area (Å²) >= 11 is 0. The van der Waals surface area contributed by atoms with Gasteiger partial charge in [0.15, 0.2) is 6.61 Å². The van der Waals surface area contributed by atoms with E-state index in [1.54, 1.807) is 26.8 Å². The molecule has 2 rings (SSSR count). The SMILES string of the molecule is CC(C)(C)OC(=O)CCC(C(N)=O)N1Cc2cc(OCC(=O)O)ccc2C1=O. The second-order valence-electron chi connectivity index (χ2n) is 7.48. The van der Waals surface area contributed by atoms with E-state index >= 15 is 0 Å². The zero-order chi connectivity index (χ0) is 21.1. The Balaban J connectivity index is 2.09. The number of aliphatic carboxylic acids is 1. The van der Waals surface area contributed by atoms with Crippen molar-refractivity contribution in [2.24, 2.45) is 5.73 Å². The number of hydrogen-bond acceptors (Lipinski definition) is 6. The highest BCUT2D eigenvalue weighted by atomic mass is 16.6. The average molecular weight is 392 g/mol. The fraction of sp³-hybridized carbons (Fsp3) is 0.474. The van der Waals surface area contributed by atoms with Crippen LogP contribution in [0.15, 0.2) is 18.2 Å². The van der Waals surface area contributed by atoms with Crippen molar-refractivity contribution in [3.05, 3.63) is 29.3 Å². The van der Waals surface area contributed by atoms with E-state index in [2.05, 4.69) is 0 Å². The maximum absolute atomic E-state index is 12.7. The molecule has 0 saturated heterocycles. The lowest BCUT2D eigenvalue weighted by Gasteiger charge is -2.25. The van der Waals surface area contributed by atoms with Gasteiger partial charge in [0.25, 0.3) is 5.91 Å². The summed E-state index contributed by atoms with van der Waals surface area (Å²) in [6.45, 7) is 4.82. The molecule has 3 N–H and O–H groups in total. The molecule has 9 nitrogen and oxygen atoms in total. The van der Waals surface area contributed by atoms with Crippen LogP contribution in [0.1, 0.15) is 49.5 Å². The first-order chi connectivity index (χ1) is 13.0. The molecule has 0 aromatic heterocycles. The van der Waals surface area contributed by atoms with E-state index in [0.717, 1.165) is 0 Å². The summed E-state index contributed by atoms with van der Waals surface area (Å²) in [6.07, 6.45) is -0.00960. The maximum Gasteiger partial charge on any atom is 0.341 e. The number of carboxylic acids is 1. The highest BCUT2D eigenvalue weighted by molar-refractivity contribution is 6.01. The number of esters is 1. The lowest BCUT2D eigenvalue weighted by Crippen LogP contribution is -2.45. The number of amides is 2. The molecule has 0 fully saturated rings. The molecule has 0 saturated carbocycles. The van der Waals surface area contributed by atoms with Crippen molar-refractivity contribution in [3.8, 4) is 5.75 Å². The number of nitrogens with two attached hydrogens (primary N) is 1. The normalized spacial score (nSPS) is 14.4. The van der Waals surface area contributed by atoms with Crippen molar-refractivity contribution in [2.75, 3.05) is 6.61 Å². The summed E-state index contributed by atoms with van der Waals surface area (Å²) in [4.78, 5) is 48.4. The minimum atomic E-state index is -1.12. The van der Waals surface area contributed by atoms with Crippen molar-refractivity contribution in [1.82, 2.24) is 4.90 Å². The lowest BCUT2D eigenvalue weighted by atomic mass is 10.1. The molecule has 0 radical (unpaired) electrons. The van der Waals surface area contributed by atoms with Crippen LogP contribution in [0.3, 0.4) is 0 Å². The number of ether oxygens (including phenoxy) is 2. The molecule has 2 amide bonds. The van der Waals surface area contributed by atoms with Gasteiger partial charge in [-0.15, -0.1) is 0 Å². The Bertz CT molecular complexity index is 798. The number of nitrogens with zero attached hydrogens (tertiary/aromatic N) is 1. The molecule has 1 aromatic carbocycles. The predicted molar refractivity (Wildman–Crippen MR) is 97.5 cm³/mol. The molecule has 152 valence electrons. The van der Waals surface area contributed by atoms with Crippen molar-refractivity contribution >= 4 is 23.8 Å². The Kier molecular flexibility index (Phi) is 6.27. The van der Waals surface area contributed by atoms with E-state index in [-0.39, 0.29) is 25.3 Å². The first-order valence-corrected chi connectivity index (χ1v) is 8.77. The van der Waals surface area contributed by atoms with E-state index in [0.29, 0.717) is 16.9 Å². The smallest absolute Gasteiger partial charge is 0.341 e. The standard InChI is InChI=1S/C19H24N2O7/c1-19(2,3)28-16(24)7-6-14(17(20)25)21-9-11-8-12(27-10-15(22)23)4-5-13(11)18(21)26/h4-5,8,14H,6-7,9-10H2,1-3H3,(H2,20,25)(H,22,23). The van der Waals surface area contributed by atoms with Gasteiger partial charge in [-0.2, -0.15) is 0 Å². The van der Waals surface area contributed by atoms with Gasteiger partial charge in [0, 0.05) is 18.5 Å². The molecular weight excluding hydrogens is 368 g/mol. The van der Waals surface area contributed by atoms with Crippen LogP contribution in [-0.2, 0) is 25.7 Å². The van der Waals surface area contributed by atoms with Gasteiger partial charge in [-0.25, -0.2) is 4.79 Å². The predicted octanol–water partition coefficient (Wildman–Crippen LogP) is 1.08. The Morgan fingerprint density at radius 1 is 1.29 bits per heavy atom. The number of carbonyl (C=O) groups excluding carboxylic acids is 3. The van der Waals surface area contributed by atoms with Gasteiger partial charge < -0.3 is 25.2 Å². The highest BCUT2D eigenvalue weighted by Gasteiger charge is 2.36. The Hall–Kier alpha value is -3.10. The van der Waals surface area contributed by atoms with Crippen LogP contribution in [0.5, 0.6) is 5.75 Å². The third kappa shape index (κ3) is 5.45. The van der Waals surface area contributed by atoms with E-state index < -0.39 is 36.1 Å². The quantitative estimate of drug-likeness (QED) is 0.632. The monoisotopic (exact) mass is 392 g/mol. The molecule has 1 atom stereocenters. The molecule has 28 heavy (non-hydrogen) atoms. The zero-order valence-corrected chi connectivity index (χ0v) is 16.1. The van der Waals surface area contributed by atoms with Crippen LogP contribution in [0.2, 0.25) is 0 Å². The summed E-state index contributed by atoms with van der Waals surface area (Å²) in [5.74, 6) is -2.39. The first kappa shape index (κ1) is 21.2. The number of primary amides is 1. The maximum atomic E-state index is 12.7. The van der Waals surface area contributed by atoms with E-state index in [4.69, 9.17) is 20.3 Å². The summed E-state index contributed by atoms with van der Waals surface area (Å²) < 4.78 is 10.3. The molecule has 1 aromatic rings. The average Bonchev–Trinajstić information content (AvgIpc) is 2.87. The van der Waals surface area contributed by atoms with Crippen LogP contribution in [0, 0.1) is 0 Å². The number of fused-ring (bicyclic) bond motifs is 1. The number of hydrogen-bond donors (Lipinski definition) is 2. The topological polar surface area (TPSA) is 136 Å². The molecule has 1 unspecified atom stereocenters. The third-order valence-corrected chi connectivity index (χ3v) is 4.02. The summed E-state index contributed by atoms with van der Waals surface area (Å²) in [5, 5.41) is 8.68. The van der Waals surface area contributed by atoms with E-state index in [9.17, 15) is 19.2 Å². The molecular formula is C19H24N2O7. The Labute approximate surface area is 162 Å². The second-order valence-corrected chi connectivity index (χ2v) is 7.48. The van der Waals surface area contributed by atoms with Crippen LogP contribution >= 0.6 is 0 Å². The van der Waals surface area contributed by atoms with Gasteiger partial charge in [0.1, 0.15) is 17.4 Å². The number of rotatable bonds is 8. The summed E-state index contributed by atoms with van der Waals surface area (Å²) in [7, 11) is 0. The Morgan fingerprint density at radius 3 is 2.54 bits per heavy atom. The van der Waals surface area contributed by atoms with Gasteiger partial charge in [0.05, 0.1) is 0 Å². The van der Waals surface area contributed by atoms with Crippen LogP contribution in [0.4, 0.5) is 0 Å². The molecule has 1 aliphatic rings. The van der Waals surface area contributed by atoms with Gasteiger partial charge in [-0.1, -0.05) is 0 Å². The molecule has 1 aliphatic heterocycles. The fourth-order valence-corrected chi connectivity index (χ4v) is 2.90. The summed E-state index contributed by atoms with van der Waals surface area (Å²) in [5.41, 5.74) is 5.79. The molecule has 1 heterocycles. The van der Waals surface area contributed by atoms with Crippen LogP contribution in [0.25, 0.3) is 0 Å². The second kappa shape index (κ2) is 8.28. The molecule has 9 heteroatoms. The van der Waals surface area contributed by atoms with Gasteiger partial charge in [-0.05, 0) is 51.0 Å². The number of carboxylic acid groups (broad SMARTS) is 1.